The molecule has 1 unspecified atom stereocenters. The summed E-state index contributed by atoms with van der Waals surface area (Å²) < 4.78 is 0. The van der Waals surface area contributed by atoms with Crippen LogP contribution in [0.4, 0.5) is 0 Å². The van der Waals surface area contributed by atoms with Gasteiger partial charge in [-0.25, -0.2) is 0 Å². The van der Waals surface area contributed by atoms with Crippen LogP contribution in [0.1, 0.15) is 19.8 Å². The lowest BCUT2D eigenvalue weighted by atomic mass is 10.0. The van der Waals surface area contributed by atoms with Crippen molar-refractivity contribution in [3.63, 3.8) is 0 Å². The van der Waals surface area contributed by atoms with Gasteiger partial charge in [0.05, 0.1) is 0 Å². The molecule has 0 aromatic heterocycles. The predicted octanol–water partition coefficient (Wildman–Crippen LogP) is 0.620. The van der Waals surface area contributed by atoms with E-state index in [4.69, 9.17) is 0 Å². The van der Waals surface area contributed by atoms with Crippen molar-refractivity contribution < 1.29 is 0 Å². The van der Waals surface area contributed by atoms with Crippen LogP contribution in [0.3, 0.4) is 0 Å². The van der Waals surface area contributed by atoms with Gasteiger partial charge in [-0.1, -0.05) is 0 Å². The Kier molecular flexibility index (Phi) is 4.85. The lowest BCUT2D eigenvalue weighted by Gasteiger charge is -2.32. The van der Waals surface area contributed by atoms with E-state index in [-0.39, 0.29) is 0 Å². The zero-order valence-electron chi connectivity index (χ0n) is 10.1. The fourth-order valence-electron chi connectivity index (χ4n) is 2.18. The van der Waals surface area contributed by atoms with Crippen LogP contribution in [0.25, 0.3) is 0 Å². The van der Waals surface area contributed by atoms with Crippen molar-refractivity contribution in [3.8, 4) is 0 Å². The molecular formula is C11H25N3. The summed E-state index contributed by atoms with van der Waals surface area (Å²) in [4.78, 5) is 4.65. The molecule has 1 aliphatic rings. The lowest BCUT2D eigenvalue weighted by molar-refractivity contribution is 0.217. The third-order valence-electron chi connectivity index (χ3n) is 2.88. The Morgan fingerprint density at radius 3 is 2.43 bits per heavy atom. The summed E-state index contributed by atoms with van der Waals surface area (Å²) >= 11 is 0. The Morgan fingerprint density at radius 1 is 1.36 bits per heavy atom. The first-order valence-corrected chi connectivity index (χ1v) is 5.67. The summed E-state index contributed by atoms with van der Waals surface area (Å²) in [7, 11) is 6.47. The molecule has 1 rings (SSSR count). The monoisotopic (exact) mass is 199 g/mol. The van der Waals surface area contributed by atoms with Crippen LogP contribution in [0.15, 0.2) is 0 Å². The van der Waals surface area contributed by atoms with Gasteiger partial charge in [-0.15, -0.1) is 0 Å². The van der Waals surface area contributed by atoms with E-state index in [9.17, 15) is 0 Å². The molecule has 0 aromatic carbocycles. The zero-order chi connectivity index (χ0) is 10.6. The maximum Gasteiger partial charge on any atom is 0.0169 e. The van der Waals surface area contributed by atoms with Crippen molar-refractivity contribution >= 4 is 0 Å². The normalized spacial score (nSPS) is 22.9. The fraction of sp³-hybridized carbons (Fsp3) is 1.00. The summed E-state index contributed by atoms with van der Waals surface area (Å²) in [5.74, 6) is 0. The number of rotatable bonds is 4. The standard InChI is InChI=1S/C11H25N3/c1-10(9-13(2)3)12-11-5-7-14(4)8-6-11/h10-12H,5-9H2,1-4H3. The third kappa shape index (κ3) is 4.40. The molecule has 0 radical (unpaired) electrons. The summed E-state index contributed by atoms with van der Waals surface area (Å²) in [5.41, 5.74) is 0. The largest absolute Gasteiger partial charge is 0.310 e. The molecule has 0 spiro atoms. The van der Waals surface area contributed by atoms with Crippen molar-refractivity contribution in [1.29, 1.82) is 0 Å². The molecule has 1 fully saturated rings. The van der Waals surface area contributed by atoms with E-state index >= 15 is 0 Å². The first-order chi connectivity index (χ1) is 6.58. The third-order valence-corrected chi connectivity index (χ3v) is 2.88. The highest BCUT2D eigenvalue weighted by molar-refractivity contribution is 4.78. The minimum Gasteiger partial charge on any atom is -0.310 e. The molecule has 84 valence electrons. The fourth-order valence-corrected chi connectivity index (χ4v) is 2.18. The van der Waals surface area contributed by atoms with Crippen LogP contribution in [0, 0.1) is 0 Å². The number of likely N-dealkylation sites (N-methyl/N-ethyl adjacent to an activating group) is 1. The Balaban J connectivity index is 2.17. The maximum absolute atomic E-state index is 3.70. The van der Waals surface area contributed by atoms with E-state index in [1.165, 1.54) is 25.9 Å². The van der Waals surface area contributed by atoms with Gasteiger partial charge in [-0.3, -0.25) is 0 Å². The molecule has 3 heteroatoms. The quantitative estimate of drug-likeness (QED) is 0.716. The van der Waals surface area contributed by atoms with Gasteiger partial charge in [0.15, 0.2) is 0 Å². The van der Waals surface area contributed by atoms with Gasteiger partial charge < -0.3 is 15.1 Å². The van der Waals surface area contributed by atoms with E-state index in [2.05, 4.69) is 43.2 Å². The number of hydrogen-bond acceptors (Lipinski definition) is 3. The second kappa shape index (κ2) is 5.69. The lowest BCUT2D eigenvalue weighted by Crippen LogP contribution is -2.47. The summed E-state index contributed by atoms with van der Waals surface area (Å²) in [6.45, 7) is 5.89. The first-order valence-electron chi connectivity index (χ1n) is 5.67. The van der Waals surface area contributed by atoms with Gasteiger partial charge >= 0.3 is 0 Å². The SMILES string of the molecule is CC(CN(C)C)NC1CCN(C)CC1. The molecule has 14 heavy (non-hydrogen) atoms. The maximum atomic E-state index is 3.70. The van der Waals surface area contributed by atoms with E-state index in [1.807, 2.05) is 0 Å². The number of likely N-dealkylation sites (tertiary alicyclic amines) is 1. The van der Waals surface area contributed by atoms with Crippen molar-refractivity contribution in [2.75, 3.05) is 40.8 Å². The molecule has 0 saturated carbocycles. The highest BCUT2D eigenvalue weighted by atomic mass is 15.1. The van der Waals surface area contributed by atoms with Crippen LogP contribution in [-0.2, 0) is 0 Å². The van der Waals surface area contributed by atoms with Gasteiger partial charge in [0, 0.05) is 18.6 Å². The molecule has 0 amide bonds. The Hall–Kier alpha value is -0.120. The molecule has 3 nitrogen and oxygen atoms in total. The highest BCUT2D eigenvalue weighted by Gasteiger charge is 2.17. The van der Waals surface area contributed by atoms with Crippen LogP contribution in [-0.4, -0.2) is 62.7 Å². The molecule has 0 bridgehead atoms. The average molecular weight is 199 g/mol. The van der Waals surface area contributed by atoms with Gasteiger partial charge in [0.1, 0.15) is 0 Å². The summed E-state index contributed by atoms with van der Waals surface area (Å²) in [5, 5.41) is 3.70. The molecule has 0 aliphatic carbocycles. The zero-order valence-corrected chi connectivity index (χ0v) is 10.1. The topological polar surface area (TPSA) is 18.5 Å². The Morgan fingerprint density at radius 2 is 1.93 bits per heavy atom. The molecule has 1 aliphatic heterocycles. The van der Waals surface area contributed by atoms with Gasteiger partial charge in [-0.2, -0.15) is 0 Å². The number of nitrogens with one attached hydrogen (secondary N) is 1. The minimum atomic E-state index is 0.610. The van der Waals surface area contributed by atoms with Crippen LogP contribution >= 0.6 is 0 Å². The molecule has 1 atom stereocenters. The molecule has 1 saturated heterocycles. The average Bonchev–Trinajstić information content (AvgIpc) is 2.07. The summed E-state index contributed by atoms with van der Waals surface area (Å²) in [6, 6.07) is 1.35. The van der Waals surface area contributed by atoms with E-state index < -0.39 is 0 Å². The second-order valence-electron chi connectivity index (χ2n) is 4.91. The van der Waals surface area contributed by atoms with E-state index in [0.29, 0.717) is 6.04 Å². The molecule has 1 N–H and O–H groups in total. The molecule has 0 aromatic rings. The van der Waals surface area contributed by atoms with E-state index in [1.54, 1.807) is 0 Å². The van der Waals surface area contributed by atoms with Gasteiger partial charge in [-0.05, 0) is 54.0 Å². The van der Waals surface area contributed by atoms with Gasteiger partial charge in [0.25, 0.3) is 0 Å². The minimum absolute atomic E-state index is 0.610. The van der Waals surface area contributed by atoms with Crippen molar-refractivity contribution in [2.24, 2.45) is 0 Å². The van der Waals surface area contributed by atoms with Crippen LogP contribution < -0.4 is 5.32 Å². The number of hydrogen-bond donors (Lipinski definition) is 1. The van der Waals surface area contributed by atoms with Crippen molar-refractivity contribution in [3.05, 3.63) is 0 Å². The highest BCUT2D eigenvalue weighted by Crippen LogP contribution is 2.08. The van der Waals surface area contributed by atoms with Crippen molar-refractivity contribution in [1.82, 2.24) is 15.1 Å². The number of nitrogens with zero attached hydrogens (tertiary/aromatic N) is 2. The smallest absolute Gasteiger partial charge is 0.0169 e. The molecule has 1 heterocycles. The predicted molar refractivity (Wildman–Crippen MR) is 61.7 cm³/mol. The Bertz CT molecular complexity index is 151. The van der Waals surface area contributed by atoms with Crippen molar-refractivity contribution in [2.45, 2.75) is 31.8 Å². The second-order valence-corrected chi connectivity index (χ2v) is 4.91. The van der Waals surface area contributed by atoms with Crippen LogP contribution in [0.5, 0.6) is 0 Å². The number of piperidine rings is 1. The first kappa shape index (κ1) is 12.0. The van der Waals surface area contributed by atoms with Crippen LogP contribution in [0.2, 0.25) is 0 Å². The molecular weight excluding hydrogens is 174 g/mol. The Labute approximate surface area is 88.5 Å². The summed E-state index contributed by atoms with van der Waals surface area (Å²) in [6.07, 6.45) is 2.60. The van der Waals surface area contributed by atoms with E-state index in [0.717, 1.165) is 12.6 Å². The van der Waals surface area contributed by atoms with Gasteiger partial charge in [0.2, 0.25) is 0 Å².